The molecule has 0 saturated carbocycles. The van der Waals surface area contributed by atoms with Crippen LogP contribution in [-0.4, -0.2) is 49.9 Å². The van der Waals surface area contributed by atoms with Crippen molar-refractivity contribution in [3.8, 4) is 11.5 Å². The summed E-state index contributed by atoms with van der Waals surface area (Å²) in [5.74, 6) is 0.982. The van der Waals surface area contributed by atoms with Crippen LogP contribution in [0.4, 0.5) is 0 Å². The molecule has 0 aliphatic carbocycles. The van der Waals surface area contributed by atoms with Crippen molar-refractivity contribution in [3.05, 3.63) is 34.3 Å². The lowest BCUT2D eigenvalue weighted by molar-refractivity contribution is -0.119. The molecule has 1 saturated heterocycles. The highest BCUT2D eigenvalue weighted by atomic mass is 32.2. The summed E-state index contributed by atoms with van der Waals surface area (Å²) >= 11 is 1.51. The molecule has 1 N–H and O–H groups in total. The van der Waals surface area contributed by atoms with E-state index < -0.39 is 10.0 Å². The molecule has 1 amide bonds. The number of sulfonamides is 1. The van der Waals surface area contributed by atoms with Crippen LogP contribution in [0, 0.1) is 0 Å². The molecule has 10 heteroatoms. The number of hydrogen-bond donors (Lipinski definition) is 1. The first kappa shape index (κ1) is 20.1. The number of hydrogen-bond acceptors (Lipinski definition) is 7. The smallest absolute Gasteiger partial charge is 0.243 e. The van der Waals surface area contributed by atoms with Crippen molar-refractivity contribution in [3.63, 3.8) is 0 Å². The highest BCUT2D eigenvalue weighted by Crippen LogP contribution is 2.35. The van der Waals surface area contributed by atoms with E-state index in [0.717, 1.165) is 23.5 Å². The van der Waals surface area contributed by atoms with Gasteiger partial charge in [0, 0.05) is 37.4 Å². The molecule has 1 atom stereocenters. The first-order valence-corrected chi connectivity index (χ1v) is 11.8. The van der Waals surface area contributed by atoms with Gasteiger partial charge in [0.25, 0.3) is 0 Å². The van der Waals surface area contributed by atoms with Crippen LogP contribution in [0.5, 0.6) is 11.5 Å². The number of aromatic nitrogens is 1. The van der Waals surface area contributed by atoms with Crippen molar-refractivity contribution in [2.45, 2.75) is 37.1 Å². The molecule has 4 rings (SSSR count). The number of benzene rings is 1. The summed E-state index contributed by atoms with van der Waals surface area (Å²) < 4.78 is 38.9. The second-order valence-corrected chi connectivity index (χ2v) is 9.92. The third kappa shape index (κ3) is 4.39. The number of nitrogens with one attached hydrogen (secondary N) is 1. The molecular formula is C19H23N3O5S2. The molecule has 8 nitrogen and oxygen atoms in total. The first-order valence-electron chi connectivity index (χ1n) is 9.52. The molecule has 1 aromatic carbocycles. The monoisotopic (exact) mass is 437 g/mol. The van der Waals surface area contributed by atoms with Crippen LogP contribution in [0.25, 0.3) is 0 Å². The van der Waals surface area contributed by atoms with Gasteiger partial charge in [-0.25, -0.2) is 13.4 Å². The Kier molecular flexibility index (Phi) is 5.75. The summed E-state index contributed by atoms with van der Waals surface area (Å²) in [6.45, 7) is 3.60. The average Bonchev–Trinajstić information content (AvgIpc) is 3.21. The first-order chi connectivity index (χ1) is 13.9. The molecule has 1 unspecified atom stereocenters. The van der Waals surface area contributed by atoms with E-state index in [-0.39, 0.29) is 16.7 Å². The van der Waals surface area contributed by atoms with Crippen LogP contribution in [0.3, 0.4) is 0 Å². The van der Waals surface area contributed by atoms with Crippen LogP contribution in [0.2, 0.25) is 0 Å². The molecule has 0 spiro atoms. The molecule has 0 bridgehead atoms. The molecule has 2 aliphatic heterocycles. The Bertz CT molecular complexity index is 1010. The zero-order chi connectivity index (χ0) is 20.4. The zero-order valence-electron chi connectivity index (χ0n) is 16.1. The third-order valence-corrected chi connectivity index (χ3v) is 7.89. The van der Waals surface area contributed by atoms with Crippen LogP contribution >= 0.6 is 11.3 Å². The van der Waals surface area contributed by atoms with Crippen LogP contribution in [0.15, 0.2) is 28.5 Å². The molecular weight excluding hydrogens is 414 g/mol. The SMILES string of the molecule is CC(=O)NCc1csc(C2CCCN(S(=O)(=O)c3ccc4c(c3)OCCO4)C2)n1. The average molecular weight is 438 g/mol. The summed E-state index contributed by atoms with van der Waals surface area (Å²) in [5.41, 5.74) is 0.798. The van der Waals surface area contributed by atoms with Gasteiger partial charge in [0.15, 0.2) is 11.5 Å². The van der Waals surface area contributed by atoms with Gasteiger partial charge in [-0.15, -0.1) is 11.3 Å². The lowest BCUT2D eigenvalue weighted by atomic mass is 10.0. The number of piperidine rings is 1. The Morgan fingerprint density at radius 2 is 2.10 bits per heavy atom. The summed E-state index contributed by atoms with van der Waals surface area (Å²) in [6.07, 6.45) is 1.66. The lowest BCUT2D eigenvalue weighted by Crippen LogP contribution is -2.39. The summed E-state index contributed by atoms with van der Waals surface area (Å²) in [4.78, 5) is 15.9. The van der Waals surface area contributed by atoms with Gasteiger partial charge >= 0.3 is 0 Å². The normalized spacial score (nSPS) is 19.7. The minimum atomic E-state index is -3.63. The molecule has 0 radical (unpaired) electrons. The van der Waals surface area contributed by atoms with E-state index in [1.807, 2.05) is 5.38 Å². The van der Waals surface area contributed by atoms with Gasteiger partial charge in [-0.1, -0.05) is 0 Å². The Labute approximate surface area is 173 Å². The number of rotatable bonds is 5. The van der Waals surface area contributed by atoms with Crippen LogP contribution in [-0.2, 0) is 21.4 Å². The molecule has 156 valence electrons. The van der Waals surface area contributed by atoms with Crippen molar-refractivity contribution >= 4 is 27.3 Å². The fraction of sp³-hybridized carbons (Fsp3) is 0.474. The van der Waals surface area contributed by atoms with Crippen molar-refractivity contribution in [2.75, 3.05) is 26.3 Å². The highest BCUT2D eigenvalue weighted by molar-refractivity contribution is 7.89. The van der Waals surface area contributed by atoms with E-state index in [1.165, 1.54) is 22.6 Å². The van der Waals surface area contributed by atoms with E-state index in [1.54, 1.807) is 18.2 Å². The van der Waals surface area contributed by atoms with E-state index in [2.05, 4.69) is 10.3 Å². The number of nitrogens with zero attached hydrogens (tertiary/aromatic N) is 2. The number of amides is 1. The predicted molar refractivity (Wildman–Crippen MR) is 108 cm³/mol. The van der Waals surface area contributed by atoms with Crippen LogP contribution in [0.1, 0.15) is 36.4 Å². The van der Waals surface area contributed by atoms with E-state index in [4.69, 9.17) is 9.47 Å². The van der Waals surface area contributed by atoms with Gasteiger partial charge < -0.3 is 14.8 Å². The fourth-order valence-corrected chi connectivity index (χ4v) is 5.99. The number of ether oxygens (including phenoxy) is 2. The van der Waals surface area contributed by atoms with Crippen LogP contribution < -0.4 is 14.8 Å². The number of thiazole rings is 1. The van der Waals surface area contributed by atoms with Crippen molar-refractivity contribution in [1.82, 2.24) is 14.6 Å². The van der Waals surface area contributed by atoms with E-state index in [0.29, 0.717) is 44.3 Å². The number of carbonyl (C=O) groups is 1. The molecule has 1 aromatic heterocycles. The Morgan fingerprint density at radius 3 is 2.90 bits per heavy atom. The molecule has 2 aromatic rings. The summed E-state index contributed by atoms with van der Waals surface area (Å²) in [7, 11) is -3.63. The predicted octanol–water partition coefficient (Wildman–Crippen LogP) is 2.12. The fourth-order valence-electron chi connectivity index (χ4n) is 3.50. The van der Waals surface area contributed by atoms with Gasteiger partial charge in [0.1, 0.15) is 13.2 Å². The van der Waals surface area contributed by atoms with Gasteiger partial charge in [0.05, 0.1) is 22.1 Å². The minimum absolute atomic E-state index is 0.0480. The summed E-state index contributed by atoms with van der Waals surface area (Å²) in [6, 6.07) is 4.77. The minimum Gasteiger partial charge on any atom is -0.486 e. The standard InChI is InChI=1S/C19H23N3O5S2/c1-13(23)20-10-15-12-28-19(21-15)14-3-2-6-22(11-14)29(24,25)16-4-5-17-18(9-16)27-8-7-26-17/h4-5,9,12,14H,2-3,6-8,10-11H2,1H3,(H,20,23). The topological polar surface area (TPSA) is 97.8 Å². The maximum absolute atomic E-state index is 13.2. The maximum atomic E-state index is 13.2. The second-order valence-electron chi connectivity index (χ2n) is 7.09. The van der Waals surface area contributed by atoms with E-state index >= 15 is 0 Å². The Hall–Kier alpha value is -2.17. The van der Waals surface area contributed by atoms with Gasteiger partial charge in [-0.3, -0.25) is 4.79 Å². The van der Waals surface area contributed by atoms with Gasteiger partial charge in [-0.2, -0.15) is 4.31 Å². The second kappa shape index (κ2) is 8.29. The summed E-state index contributed by atoms with van der Waals surface area (Å²) in [5, 5.41) is 5.56. The van der Waals surface area contributed by atoms with Gasteiger partial charge in [0.2, 0.25) is 15.9 Å². The maximum Gasteiger partial charge on any atom is 0.243 e. The molecule has 1 fully saturated rings. The number of fused-ring (bicyclic) bond motifs is 1. The third-order valence-electron chi connectivity index (χ3n) is 4.97. The highest BCUT2D eigenvalue weighted by Gasteiger charge is 2.33. The lowest BCUT2D eigenvalue weighted by Gasteiger charge is -2.31. The quantitative estimate of drug-likeness (QED) is 0.770. The van der Waals surface area contributed by atoms with Gasteiger partial charge in [-0.05, 0) is 25.0 Å². The van der Waals surface area contributed by atoms with Crippen molar-refractivity contribution in [1.29, 1.82) is 0 Å². The van der Waals surface area contributed by atoms with Crippen molar-refractivity contribution in [2.24, 2.45) is 0 Å². The zero-order valence-corrected chi connectivity index (χ0v) is 17.7. The molecule has 3 heterocycles. The Morgan fingerprint density at radius 1 is 1.31 bits per heavy atom. The van der Waals surface area contributed by atoms with Crippen molar-refractivity contribution < 1.29 is 22.7 Å². The van der Waals surface area contributed by atoms with E-state index in [9.17, 15) is 13.2 Å². The molecule has 2 aliphatic rings. The molecule has 29 heavy (non-hydrogen) atoms. The Balaban J connectivity index is 1.49. The number of carbonyl (C=O) groups excluding carboxylic acids is 1. The largest absolute Gasteiger partial charge is 0.486 e.